The predicted molar refractivity (Wildman–Crippen MR) is 96.6 cm³/mol. The number of ether oxygens (including phenoxy) is 1. The Morgan fingerprint density at radius 2 is 1.88 bits per heavy atom. The van der Waals surface area contributed by atoms with Gasteiger partial charge < -0.3 is 14.9 Å². The average Bonchev–Trinajstić information content (AvgIpc) is 3.00. The first-order chi connectivity index (χ1) is 12.5. The molecule has 7 heteroatoms. The van der Waals surface area contributed by atoms with Gasteiger partial charge in [0.2, 0.25) is 0 Å². The molecule has 0 saturated carbocycles. The lowest BCUT2D eigenvalue weighted by Gasteiger charge is -2.02. The molecule has 3 aromatic rings. The number of carboxylic acid groups (broad SMARTS) is 1. The Hall–Kier alpha value is -3.61. The number of benzene rings is 2. The number of aryl methyl sites for hydroxylation is 1. The van der Waals surface area contributed by atoms with Gasteiger partial charge in [0.25, 0.3) is 0 Å². The van der Waals surface area contributed by atoms with Crippen LogP contribution in [0.25, 0.3) is 23.5 Å². The van der Waals surface area contributed by atoms with Crippen molar-refractivity contribution in [2.24, 2.45) is 7.05 Å². The summed E-state index contributed by atoms with van der Waals surface area (Å²) in [5.41, 5.74) is 1.51. The van der Waals surface area contributed by atoms with E-state index in [2.05, 4.69) is 10.1 Å². The fraction of sp³-hybridized carbons (Fsp3) is 0.105. The minimum atomic E-state index is -1.02. The van der Waals surface area contributed by atoms with Crippen molar-refractivity contribution in [3.8, 4) is 22.9 Å². The maximum atomic E-state index is 10.5. The van der Waals surface area contributed by atoms with Gasteiger partial charge in [0, 0.05) is 7.05 Å². The van der Waals surface area contributed by atoms with Gasteiger partial charge in [-0.15, -0.1) is 0 Å². The largest absolute Gasteiger partial charge is 0.507 e. The molecule has 0 atom stereocenters. The molecule has 3 rings (SSSR count). The number of para-hydroxylation sites is 1. The maximum absolute atomic E-state index is 10.5. The van der Waals surface area contributed by atoms with Gasteiger partial charge in [-0.3, -0.25) is 0 Å². The van der Waals surface area contributed by atoms with Gasteiger partial charge in [-0.05, 0) is 35.9 Å². The van der Waals surface area contributed by atoms with Crippen molar-refractivity contribution in [1.82, 2.24) is 14.8 Å². The Balaban J connectivity index is 1.74. The summed E-state index contributed by atoms with van der Waals surface area (Å²) in [6.07, 6.45) is 3.60. The normalized spacial score (nSPS) is 11.0. The van der Waals surface area contributed by atoms with Crippen LogP contribution in [0.5, 0.6) is 11.5 Å². The van der Waals surface area contributed by atoms with Crippen LogP contribution in [0.15, 0.2) is 48.5 Å². The molecule has 1 aromatic heterocycles. The molecule has 0 unspecified atom stereocenters. The number of rotatable bonds is 6. The highest BCUT2D eigenvalue weighted by Crippen LogP contribution is 2.26. The van der Waals surface area contributed by atoms with Crippen LogP contribution in [0.2, 0.25) is 0 Å². The number of phenolic OH excluding ortho intramolecular Hbond substituents is 1. The third-order valence-corrected chi connectivity index (χ3v) is 3.59. The molecule has 0 radical (unpaired) electrons. The highest BCUT2D eigenvalue weighted by atomic mass is 16.5. The molecule has 0 amide bonds. The zero-order chi connectivity index (χ0) is 18.5. The second-order valence-corrected chi connectivity index (χ2v) is 5.52. The lowest BCUT2D eigenvalue weighted by molar-refractivity contribution is -0.139. The molecule has 0 aliphatic rings. The summed E-state index contributed by atoms with van der Waals surface area (Å²) in [6, 6.07) is 14.0. The van der Waals surface area contributed by atoms with E-state index < -0.39 is 5.97 Å². The third kappa shape index (κ3) is 4.07. The molecule has 0 bridgehead atoms. The fourth-order valence-corrected chi connectivity index (χ4v) is 2.36. The molecule has 2 N–H and O–H groups in total. The molecule has 0 saturated heterocycles. The number of aromatic hydroxyl groups is 1. The summed E-state index contributed by atoms with van der Waals surface area (Å²) >= 11 is 0. The van der Waals surface area contributed by atoms with E-state index in [1.807, 2.05) is 12.1 Å². The molecule has 26 heavy (non-hydrogen) atoms. The number of aliphatic carboxylic acids is 1. The smallest absolute Gasteiger partial charge is 0.341 e. The van der Waals surface area contributed by atoms with Crippen LogP contribution in [0, 0.1) is 0 Å². The number of nitrogens with zero attached hydrogens (tertiary/aromatic N) is 3. The number of hydrogen-bond acceptors (Lipinski definition) is 5. The van der Waals surface area contributed by atoms with Gasteiger partial charge in [0.15, 0.2) is 18.3 Å². The Labute approximate surface area is 149 Å². The summed E-state index contributed by atoms with van der Waals surface area (Å²) in [4.78, 5) is 14.9. The zero-order valence-corrected chi connectivity index (χ0v) is 14.0. The summed E-state index contributed by atoms with van der Waals surface area (Å²) in [5, 5.41) is 22.9. The van der Waals surface area contributed by atoms with E-state index in [4.69, 9.17) is 9.84 Å². The number of phenols is 1. The lowest BCUT2D eigenvalue weighted by atomic mass is 10.2. The SMILES string of the molecule is Cn1nc(/C=C/c2ccc(OCC(=O)O)cc2)nc1-c1ccccc1O. The van der Waals surface area contributed by atoms with Crippen molar-refractivity contribution in [1.29, 1.82) is 0 Å². The standard InChI is InChI=1S/C19H17N3O4/c1-22-19(15-4-2-3-5-16(15)23)20-17(21-22)11-8-13-6-9-14(10-7-13)26-12-18(24)25/h2-11,23H,12H2,1H3,(H,24,25)/b11-8+. The number of carbonyl (C=O) groups is 1. The molecule has 132 valence electrons. The lowest BCUT2D eigenvalue weighted by Crippen LogP contribution is -2.09. The summed E-state index contributed by atoms with van der Waals surface area (Å²) in [7, 11) is 1.76. The number of carboxylic acids is 1. The van der Waals surface area contributed by atoms with Crippen LogP contribution in [0.1, 0.15) is 11.4 Å². The Morgan fingerprint density at radius 1 is 1.15 bits per heavy atom. The van der Waals surface area contributed by atoms with E-state index in [1.54, 1.807) is 60.3 Å². The summed E-state index contributed by atoms with van der Waals surface area (Å²) in [6.45, 7) is -0.373. The van der Waals surface area contributed by atoms with E-state index in [9.17, 15) is 9.90 Å². The van der Waals surface area contributed by atoms with E-state index >= 15 is 0 Å². The topological polar surface area (TPSA) is 97.5 Å². The van der Waals surface area contributed by atoms with Crippen molar-refractivity contribution in [2.45, 2.75) is 0 Å². The highest BCUT2D eigenvalue weighted by Gasteiger charge is 2.11. The first-order valence-corrected chi connectivity index (χ1v) is 7.85. The van der Waals surface area contributed by atoms with Gasteiger partial charge >= 0.3 is 5.97 Å². The van der Waals surface area contributed by atoms with E-state index in [0.717, 1.165) is 5.56 Å². The number of aromatic nitrogens is 3. The third-order valence-electron chi connectivity index (χ3n) is 3.59. The van der Waals surface area contributed by atoms with Crippen molar-refractivity contribution in [3.63, 3.8) is 0 Å². The van der Waals surface area contributed by atoms with Crippen molar-refractivity contribution in [3.05, 3.63) is 59.9 Å². The maximum Gasteiger partial charge on any atom is 0.341 e. The zero-order valence-electron chi connectivity index (χ0n) is 14.0. The van der Waals surface area contributed by atoms with Crippen molar-refractivity contribution in [2.75, 3.05) is 6.61 Å². The van der Waals surface area contributed by atoms with Crippen LogP contribution in [-0.4, -0.2) is 37.6 Å². The number of hydrogen-bond donors (Lipinski definition) is 2. The van der Waals surface area contributed by atoms with Crippen LogP contribution < -0.4 is 4.74 Å². The first kappa shape index (κ1) is 17.2. The summed E-state index contributed by atoms with van der Waals surface area (Å²) in [5.74, 6) is 0.699. The van der Waals surface area contributed by atoms with Gasteiger partial charge in [0.05, 0.1) is 5.56 Å². The second kappa shape index (κ2) is 7.52. The molecular weight excluding hydrogens is 334 g/mol. The van der Waals surface area contributed by atoms with Gasteiger partial charge in [-0.25, -0.2) is 14.5 Å². The molecule has 2 aromatic carbocycles. The minimum Gasteiger partial charge on any atom is -0.507 e. The Morgan fingerprint density at radius 3 is 2.58 bits per heavy atom. The highest BCUT2D eigenvalue weighted by molar-refractivity contribution is 5.70. The molecule has 1 heterocycles. The first-order valence-electron chi connectivity index (χ1n) is 7.85. The van der Waals surface area contributed by atoms with Crippen molar-refractivity contribution < 1.29 is 19.7 Å². The van der Waals surface area contributed by atoms with Gasteiger partial charge in [-0.1, -0.05) is 30.3 Å². The van der Waals surface area contributed by atoms with Crippen LogP contribution >= 0.6 is 0 Å². The van der Waals surface area contributed by atoms with Gasteiger partial charge in [-0.2, -0.15) is 5.10 Å². The summed E-state index contributed by atoms with van der Waals surface area (Å²) < 4.78 is 6.70. The van der Waals surface area contributed by atoms with E-state index in [0.29, 0.717) is 23.0 Å². The minimum absolute atomic E-state index is 0.149. The average molecular weight is 351 g/mol. The molecule has 0 aliphatic carbocycles. The molecule has 0 spiro atoms. The fourth-order valence-electron chi connectivity index (χ4n) is 2.36. The van der Waals surface area contributed by atoms with E-state index in [1.165, 1.54) is 0 Å². The Bertz CT molecular complexity index is 946. The molecule has 0 aliphatic heterocycles. The predicted octanol–water partition coefficient (Wildman–Crippen LogP) is 2.82. The molecular formula is C19H17N3O4. The quantitative estimate of drug-likeness (QED) is 0.709. The second-order valence-electron chi connectivity index (χ2n) is 5.52. The van der Waals surface area contributed by atoms with Gasteiger partial charge in [0.1, 0.15) is 11.5 Å². The van der Waals surface area contributed by atoms with Crippen LogP contribution in [0.4, 0.5) is 0 Å². The van der Waals surface area contributed by atoms with Crippen molar-refractivity contribution >= 4 is 18.1 Å². The van der Waals surface area contributed by atoms with Crippen LogP contribution in [0.3, 0.4) is 0 Å². The monoisotopic (exact) mass is 351 g/mol. The van der Waals surface area contributed by atoms with E-state index in [-0.39, 0.29) is 12.4 Å². The Kier molecular flexibility index (Phi) is 4.98. The molecule has 7 nitrogen and oxygen atoms in total. The molecule has 0 fully saturated rings. The van der Waals surface area contributed by atoms with Crippen LogP contribution in [-0.2, 0) is 11.8 Å².